The fourth-order valence-electron chi connectivity index (χ4n) is 3.47. The molecular formula is C21H16ClFN4O4. The Morgan fingerprint density at radius 3 is 2.94 bits per heavy atom. The number of amides is 2. The summed E-state index contributed by atoms with van der Waals surface area (Å²) in [4.78, 5) is 29.2. The molecule has 3 aromatic rings. The number of benzene rings is 2. The second-order valence-corrected chi connectivity index (χ2v) is 7.49. The van der Waals surface area contributed by atoms with Crippen molar-refractivity contribution in [2.24, 2.45) is 0 Å². The number of nitrogens with one attached hydrogen (secondary N) is 2. The third-order valence-electron chi connectivity index (χ3n) is 4.97. The maximum absolute atomic E-state index is 13.4. The third kappa shape index (κ3) is 4.03. The number of hydrogen-bond donors (Lipinski definition) is 3. The number of carbonyl (C=O) groups is 2. The van der Waals surface area contributed by atoms with Crippen LogP contribution < -0.4 is 10.2 Å². The maximum atomic E-state index is 13.4. The van der Waals surface area contributed by atoms with E-state index in [9.17, 15) is 24.3 Å². The molecule has 10 heteroatoms. The molecule has 3 N–H and O–H groups in total. The highest BCUT2D eigenvalue weighted by Crippen LogP contribution is 2.32. The molecular weight excluding hydrogens is 427 g/mol. The first-order valence-corrected chi connectivity index (χ1v) is 9.64. The number of anilines is 1. The molecule has 2 amide bonds. The highest BCUT2D eigenvalue weighted by Gasteiger charge is 2.49. The summed E-state index contributed by atoms with van der Waals surface area (Å²) in [5, 5.41) is 23.0. The van der Waals surface area contributed by atoms with Crippen molar-refractivity contribution in [2.75, 3.05) is 11.4 Å². The number of aromatic nitrogens is 1. The third-order valence-corrected chi connectivity index (χ3v) is 5.19. The van der Waals surface area contributed by atoms with E-state index in [2.05, 4.69) is 16.4 Å². The number of rotatable bonds is 4. The maximum Gasteiger partial charge on any atom is 0.410 e. The van der Waals surface area contributed by atoms with E-state index < -0.39 is 23.6 Å². The average Bonchev–Trinajstić information content (AvgIpc) is 3.26. The van der Waals surface area contributed by atoms with Crippen LogP contribution in [0.3, 0.4) is 0 Å². The SMILES string of the molecule is N#Cc1c[nH]c2ccc(N3CC[C@@](O)(OC(=O)NCc4cc(F)cc(Cl)c4)C3=O)cc12. The highest BCUT2D eigenvalue weighted by molar-refractivity contribution is 6.30. The molecule has 0 radical (unpaired) electrons. The smallest absolute Gasteiger partial charge is 0.407 e. The quantitative estimate of drug-likeness (QED) is 0.536. The zero-order valence-corrected chi connectivity index (χ0v) is 16.7. The summed E-state index contributed by atoms with van der Waals surface area (Å²) >= 11 is 5.77. The predicted octanol–water partition coefficient (Wildman–Crippen LogP) is 3.18. The van der Waals surface area contributed by atoms with Crippen LogP contribution in [-0.2, 0) is 16.1 Å². The minimum Gasteiger partial charge on any atom is -0.407 e. The van der Waals surface area contributed by atoms with Crippen LogP contribution >= 0.6 is 11.6 Å². The predicted molar refractivity (Wildman–Crippen MR) is 110 cm³/mol. The van der Waals surface area contributed by atoms with Crippen LogP contribution in [0.1, 0.15) is 17.5 Å². The number of halogens is 2. The van der Waals surface area contributed by atoms with E-state index in [0.717, 1.165) is 11.6 Å². The first-order valence-electron chi connectivity index (χ1n) is 9.26. The number of hydrogen-bond acceptors (Lipinski definition) is 5. The van der Waals surface area contributed by atoms with E-state index in [-0.39, 0.29) is 24.5 Å². The zero-order valence-electron chi connectivity index (χ0n) is 16.0. The number of fused-ring (bicyclic) bond motifs is 1. The minimum absolute atomic E-state index is 0.106. The molecule has 158 valence electrons. The molecule has 1 saturated heterocycles. The van der Waals surface area contributed by atoms with Crippen LogP contribution in [-0.4, -0.2) is 34.4 Å². The molecule has 1 aliphatic rings. The highest BCUT2D eigenvalue weighted by atomic mass is 35.5. The molecule has 0 aliphatic carbocycles. The Hall–Kier alpha value is -3.61. The Labute approximate surface area is 180 Å². The topological polar surface area (TPSA) is 118 Å². The lowest BCUT2D eigenvalue weighted by Gasteiger charge is -2.22. The lowest BCUT2D eigenvalue weighted by molar-refractivity contribution is -0.175. The number of nitriles is 1. The Kier molecular flexibility index (Phi) is 5.27. The average molecular weight is 443 g/mol. The van der Waals surface area contributed by atoms with Crippen molar-refractivity contribution in [2.45, 2.75) is 18.8 Å². The molecule has 1 fully saturated rings. The van der Waals surface area contributed by atoms with E-state index in [1.54, 1.807) is 24.4 Å². The number of aromatic amines is 1. The fourth-order valence-corrected chi connectivity index (χ4v) is 3.71. The van der Waals surface area contributed by atoms with Gasteiger partial charge < -0.3 is 25.0 Å². The standard InChI is InChI=1S/C21H16ClFN4O4/c22-14-5-12(6-15(23)7-14)10-26-20(29)31-21(30)3-4-27(19(21)28)16-1-2-18-17(8-16)13(9-24)11-25-18/h1-2,5-8,11,25,30H,3-4,10H2,(H,26,29)/t21-/m1/s1. The van der Waals surface area contributed by atoms with E-state index >= 15 is 0 Å². The van der Waals surface area contributed by atoms with Gasteiger partial charge in [-0.3, -0.25) is 4.79 Å². The van der Waals surface area contributed by atoms with Gasteiger partial charge in [-0.2, -0.15) is 5.26 Å². The zero-order chi connectivity index (χ0) is 22.2. The summed E-state index contributed by atoms with van der Waals surface area (Å²) in [7, 11) is 0. The molecule has 1 aliphatic heterocycles. The lowest BCUT2D eigenvalue weighted by Crippen LogP contribution is -2.46. The van der Waals surface area contributed by atoms with Gasteiger partial charge in [-0.1, -0.05) is 11.6 Å². The monoisotopic (exact) mass is 442 g/mol. The number of ether oxygens (including phenoxy) is 1. The summed E-state index contributed by atoms with van der Waals surface area (Å²) in [6.07, 6.45) is 0.392. The van der Waals surface area contributed by atoms with Gasteiger partial charge in [0.2, 0.25) is 0 Å². The largest absolute Gasteiger partial charge is 0.410 e. The van der Waals surface area contributed by atoms with Gasteiger partial charge in [-0.05, 0) is 42.0 Å². The van der Waals surface area contributed by atoms with Gasteiger partial charge in [0.15, 0.2) is 0 Å². The molecule has 0 spiro atoms. The molecule has 31 heavy (non-hydrogen) atoms. The molecule has 8 nitrogen and oxygen atoms in total. The van der Waals surface area contributed by atoms with Gasteiger partial charge >= 0.3 is 6.09 Å². The summed E-state index contributed by atoms with van der Waals surface area (Å²) in [5.74, 6) is -3.70. The summed E-state index contributed by atoms with van der Waals surface area (Å²) in [6, 6.07) is 10.9. The van der Waals surface area contributed by atoms with E-state index in [1.807, 2.05) is 0 Å². The van der Waals surface area contributed by atoms with Gasteiger partial charge in [0, 0.05) is 47.3 Å². The second-order valence-electron chi connectivity index (χ2n) is 7.06. The molecule has 1 atom stereocenters. The van der Waals surface area contributed by atoms with Gasteiger partial charge in [0.25, 0.3) is 11.7 Å². The van der Waals surface area contributed by atoms with Gasteiger partial charge in [0.1, 0.15) is 11.9 Å². The van der Waals surface area contributed by atoms with Crippen molar-refractivity contribution in [3.05, 3.63) is 64.6 Å². The minimum atomic E-state index is -2.34. The van der Waals surface area contributed by atoms with Crippen molar-refractivity contribution in [3.8, 4) is 6.07 Å². The van der Waals surface area contributed by atoms with Crippen molar-refractivity contribution < 1.29 is 23.8 Å². The van der Waals surface area contributed by atoms with Crippen LogP contribution in [0.2, 0.25) is 5.02 Å². The van der Waals surface area contributed by atoms with Crippen LogP contribution in [0.4, 0.5) is 14.9 Å². The van der Waals surface area contributed by atoms with Crippen molar-refractivity contribution >= 4 is 40.2 Å². The van der Waals surface area contributed by atoms with Crippen molar-refractivity contribution in [3.63, 3.8) is 0 Å². The molecule has 0 bridgehead atoms. The van der Waals surface area contributed by atoms with Crippen LogP contribution in [0, 0.1) is 17.1 Å². The molecule has 0 saturated carbocycles. The Morgan fingerprint density at radius 2 is 2.19 bits per heavy atom. The fraction of sp³-hybridized carbons (Fsp3) is 0.190. The van der Waals surface area contributed by atoms with Crippen molar-refractivity contribution in [1.29, 1.82) is 5.26 Å². The summed E-state index contributed by atoms with van der Waals surface area (Å²) < 4.78 is 18.4. The van der Waals surface area contributed by atoms with Crippen molar-refractivity contribution in [1.82, 2.24) is 10.3 Å². The van der Waals surface area contributed by atoms with Crippen LogP contribution in [0.25, 0.3) is 10.9 Å². The van der Waals surface area contributed by atoms with Gasteiger partial charge in [-0.15, -0.1) is 0 Å². The number of H-pyrrole nitrogens is 1. The normalized spacial score (nSPS) is 18.3. The number of nitrogens with zero attached hydrogens (tertiary/aromatic N) is 2. The molecule has 0 unspecified atom stereocenters. The molecule has 4 rings (SSSR count). The number of carbonyl (C=O) groups excluding carboxylic acids is 2. The Balaban J connectivity index is 1.44. The van der Waals surface area contributed by atoms with Crippen LogP contribution in [0.5, 0.6) is 0 Å². The molecule has 2 heterocycles. The Morgan fingerprint density at radius 1 is 1.39 bits per heavy atom. The van der Waals surface area contributed by atoms with E-state index in [0.29, 0.717) is 22.2 Å². The first kappa shape index (κ1) is 20.7. The summed E-state index contributed by atoms with van der Waals surface area (Å²) in [5.41, 5.74) is 2.01. The Bertz CT molecular complexity index is 1220. The van der Waals surface area contributed by atoms with Gasteiger partial charge in [0.05, 0.1) is 5.56 Å². The molecule has 2 aromatic carbocycles. The van der Waals surface area contributed by atoms with Gasteiger partial charge in [-0.25, -0.2) is 9.18 Å². The first-order chi connectivity index (χ1) is 14.8. The second kappa shape index (κ2) is 7.91. The lowest BCUT2D eigenvalue weighted by atomic mass is 10.1. The molecule has 1 aromatic heterocycles. The summed E-state index contributed by atoms with van der Waals surface area (Å²) in [6.45, 7) is 0.00528. The van der Waals surface area contributed by atoms with E-state index in [4.69, 9.17) is 16.3 Å². The van der Waals surface area contributed by atoms with E-state index in [1.165, 1.54) is 17.0 Å². The number of alkyl carbamates (subject to hydrolysis) is 1. The number of aliphatic hydroxyl groups is 1. The van der Waals surface area contributed by atoms with Crippen LogP contribution in [0.15, 0.2) is 42.6 Å².